The lowest BCUT2D eigenvalue weighted by atomic mass is 9.98. The Morgan fingerprint density at radius 2 is 2.13 bits per heavy atom. The van der Waals surface area contributed by atoms with Crippen molar-refractivity contribution in [3.63, 3.8) is 0 Å². The molecule has 84 valence electrons. The van der Waals surface area contributed by atoms with Gasteiger partial charge in [-0.2, -0.15) is 0 Å². The molecule has 0 saturated heterocycles. The van der Waals surface area contributed by atoms with E-state index in [0.29, 0.717) is 12.0 Å². The first-order chi connectivity index (χ1) is 7.13. The molecule has 0 fully saturated rings. The average molecular weight is 271 g/mol. The highest BCUT2D eigenvalue weighted by molar-refractivity contribution is 9.10. The van der Waals surface area contributed by atoms with Crippen LogP contribution >= 0.6 is 15.9 Å². The number of nitrogens with one attached hydrogen (secondary N) is 1. The maximum atomic E-state index is 4.21. The van der Waals surface area contributed by atoms with Crippen molar-refractivity contribution in [3.8, 4) is 0 Å². The summed E-state index contributed by atoms with van der Waals surface area (Å²) in [5, 5.41) is 3.50. The average Bonchev–Trinajstić information content (AvgIpc) is 2.16. The molecule has 3 heteroatoms. The molecule has 0 aromatic carbocycles. The predicted molar refractivity (Wildman–Crippen MR) is 67.8 cm³/mol. The van der Waals surface area contributed by atoms with E-state index >= 15 is 0 Å². The smallest absolute Gasteiger partial charge is 0.0410 e. The van der Waals surface area contributed by atoms with Gasteiger partial charge in [-0.25, -0.2) is 0 Å². The van der Waals surface area contributed by atoms with Gasteiger partial charge in [0, 0.05) is 22.9 Å². The molecule has 0 radical (unpaired) electrons. The van der Waals surface area contributed by atoms with Crippen molar-refractivity contribution >= 4 is 15.9 Å². The van der Waals surface area contributed by atoms with Crippen LogP contribution in [-0.4, -0.2) is 11.5 Å². The molecule has 0 saturated carbocycles. The van der Waals surface area contributed by atoms with Gasteiger partial charge < -0.3 is 5.32 Å². The van der Waals surface area contributed by atoms with Gasteiger partial charge >= 0.3 is 0 Å². The van der Waals surface area contributed by atoms with Crippen molar-refractivity contribution in [3.05, 3.63) is 28.5 Å². The molecule has 1 unspecified atom stereocenters. The van der Waals surface area contributed by atoms with Crippen LogP contribution in [0.5, 0.6) is 0 Å². The molecule has 1 aromatic heterocycles. The number of pyridine rings is 1. The van der Waals surface area contributed by atoms with E-state index in [2.05, 4.69) is 53.1 Å². The van der Waals surface area contributed by atoms with Gasteiger partial charge in [0.1, 0.15) is 0 Å². The Morgan fingerprint density at radius 1 is 1.40 bits per heavy atom. The summed E-state index contributed by atoms with van der Waals surface area (Å²) in [6, 6.07) is 2.56. The molecule has 1 rings (SSSR count). The normalized spacial score (nSPS) is 13.1. The van der Waals surface area contributed by atoms with E-state index in [1.54, 1.807) is 0 Å². The van der Waals surface area contributed by atoms with Gasteiger partial charge in [-0.3, -0.25) is 4.98 Å². The Balaban J connectivity index is 2.78. The lowest BCUT2D eigenvalue weighted by Gasteiger charge is -2.20. The van der Waals surface area contributed by atoms with E-state index < -0.39 is 0 Å². The summed E-state index contributed by atoms with van der Waals surface area (Å²) in [6.07, 6.45) is 4.91. The third kappa shape index (κ3) is 4.31. The van der Waals surface area contributed by atoms with Crippen molar-refractivity contribution in [2.24, 2.45) is 5.92 Å². The summed E-state index contributed by atoms with van der Waals surface area (Å²) in [4.78, 5) is 4.21. The van der Waals surface area contributed by atoms with Gasteiger partial charge in [-0.05, 0) is 46.4 Å². The van der Waals surface area contributed by atoms with Crippen molar-refractivity contribution < 1.29 is 0 Å². The Bertz CT molecular complexity index is 299. The monoisotopic (exact) mass is 270 g/mol. The van der Waals surface area contributed by atoms with Crippen molar-refractivity contribution in [2.75, 3.05) is 6.54 Å². The van der Waals surface area contributed by atoms with Crippen molar-refractivity contribution in [2.45, 2.75) is 33.2 Å². The zero-order valence-electron chi connectivity index (χ0n) is 9.63. The highest BCUT2D eigenvalue weighted by Gasteiger charge is 2.12. The molecule has 0 aliphatic heterocycles. The highest BCUT2D eigenvalue weighted by Crippen LogP contribution is 2.22. The first-order valence-electron chi connectivity index (χ1n) is 5.47. The lowest BCUT2D eigenvalue weighted by molar-refractivity contribution is 0.437. The summed E-state index contributed by atoms with van der Waals surface area (Å²) >= 11 is 3.46. The Hall–Kier alpha value is -0.410. The number of halogens is 1. The molecule has 1 atom stereocenters. The summed E-state index contributed by atoms with van der Waals surface area (Å²) < 4.78 is 1.05. The quantitative estimate of drug-likeness (QED) is 0.886. The van der Waals surface area contributed by atoms with Gasteiger partial charge in [-0.1, -0.05) is 20.8 Å². The van der Waals surface area contributed by atoms with Crippen LogP contribution in [0.15, 0.2) is 22.9 Å². The second-order valence-electron chi connectivity index (χ2n) is 4.18. The van der Waals surface area contributed by atoms with Crippen LogP contribution < -0.4 is 5.32 Å². The summed E-state index contributed by atoms with van der Waals surface area (Å²) in [6.45, 7) is 7.62. The fraction of sp³-hybridized carbons (Fsp3) is 0.583. The van der Waals surface area contributed by atoms with Gasteiger partial charge in [-0.15, -0.1) is 0 Å². The zero-order chi connectivity index (χ0) is 11.3. The van der Waals surface area contributed by atoms with Crippen LogP contribution in [0.2, 0.25) is 0 Å². The van der Waals surface area contributed by atoms with Crippen LogP contribution in [0, 0.1) is 5.92 Å². The molecule has 0 spiro atoms. The molecule has 15 heavy (non-hydrogen) atoms. The molecular formula is C12H19BrN2. The fourth-order valence-corrected chi connectivity index (χ4v) is 2.06. The lowest BCUT2D eigenvalue weighted by Crippen LogP contribution is -2.22. The first-order valence-corrected chi connectivity index (χ1v) is 6.26. The second kappa shape index (κ2) is 6.23. The van der Waals surface area contributed by atoms with E-state index in [-0.39, 0.29) is 0 Å². The maximum absolute atomic E-state index is 4.21. The van der Waals surface area contributed by atoms with Gasteiger partial charge in [0.2, 0.25) is 0 Å². The topological polar surface area (TPSA) is 24.9 Å². The van der Waals surface area contributed by atoms with Gasteiger partial charge in [0.15, 0.2) is 0 Å². The summed E-state index contributed by atoms with van der Waals surface area (Å²) in [7, 11) is 0. The molecular weight excluding hydrogens is 252 g/mol. The molecule has 1 N–H and O–H groups in total. The Labute approximate surface area is 101 Å². The van der Waals surface area contributed by atoms with Gasteiger partial charge in [0.25, 0.3) is 0 Å². The maximum Gasteiger partial charge on any atom is 0.0410 e. The molecule has 0 bridgehead atoms. The molecule has 0 aliphatic carbocycles. The van der Waals surface area contributed by atoms with Crippen molar-refractivity contribution in [1.29, 1.82) is 0 Å². The zero-order valence-corrected chi connectivity index (χ0v) is 11.2. The van der Waals surface area contributed by atoms with Crippen LogP contribution in [0.4, 0.5) is 0 Å². The van der Waals surface area contributed by atoms with E-state index in [4.69, 9.17) is 0 Å². The largest absolute Gasteiger partial charge is 0.310 e. The standard InChI is InChI=1S/C12H19BrN2/c1-4-15-12(5-9(2)3)10-6-11(13)8-14-7-10/h6-9,12,15H,4-5H2,1-3H3. The van der Waals surface area contributed by atoms with Crippen molar-refractivity contribution in [1.82, 2.24) is 10.3 Å². The first kappa shape index (κ1) is 12.7. The second-order valence-corrected chi connectivity index (χ2v) is 5.09. The number of hydrogen-bond acceptors (Lipinski definition) is 2. The molecule has 1 aromatic rings. The number of nitrogens with zero attached hydrogens (tertiary/aromatic N) is 1. The van der Waals surface area contributed by atoms with E-state index in [0.717, 1.165) is 17.4 Å². The third-order valence-corrected chi connectivity index (χ3v) is 2.72. The van der Waals surface area contributed by atoms with Crippen LogP contribution in [0.1, 0.15) is 38.8 Å². The van der Waals surface area contributed by atoms with E-state index in [9.17, 15) is 0 Å². The molecule has 1 heterocycles. The fourth-order valence-electron chi connectivity index (χ4n) is 1.67. The summed E-state index contributed by atoms with van der Waals surface area (Å²) in [5.74, 6) is 0.688. The van der Waals surface area contributed by atoms with Gasteiger partial charge in [0.05, 0.1) is 0 Å². The van der Waals surface area contributed by atoms with E-state index in [1.807, 2.05) is 12.4 Å². The minimum atomic E-state index is 0.417. The highest BCUT2D eigenvalue weighted by atomic mass is 79.9. The SMILES string of the molecule is CCNC(CC(C)C)c1cncc(Br)c1. The molecule has 2 nitrogen and oxygen atoms in total. The molecule has 0 aliphatic rings. The van der Waals surface area contributed by atoms with Crippen LogP contribution in [0.3, 0.4) is 0 Å². The number of hydrogen-bond donors (Lipinski definition) is 1. The number of rotatable bonds is 5. The summed E-state index contributed by atoms with van der Waals surface area (Å²) in [5.41, 5.74) is 1.26. The van der Waals surface area contributed by atoms with Crippen LogP contribution in [0.25, 0.3) is 0 Å². The molecule has 0 amide bonds. The minimum Gasteiger partial charge on any atom is -0.310 e. The Morgan fingerprint density at radius 3 is 2.67 bits per heavy atom. The Kier molecular flexibility index (Phi) is 5.26. The number of aromatic nitrogens is 1. The predicted octanol–water partition coefficient (Wildman–Crippen LogP) is 3.54. The minimum absolute atomic E-state index is 0.417. The van der Waals surface area contributed by atoms with E-state index in [1.165, 1.54) is 5.56 Å². The third-order valence-electron chi connectivity index (χ3n) is 2.29. The van der Waals surface area contributed by atoms with Crippen LogP contribution in [-0.2, 0) is 0 Å².